The molecule has 9 heteroatoms. The Morgan fingerprint density at radius 3 is 2.11 bits per heavy atom. The van der Waals surface area contributed by atoms with E-state index in [2.05, 4.69) is 16.0 Å². The molecule has 5 N–H and O–H groups in total. The lowest BCUT2D eigenvalue weighted by atomic mass is 10.1. The monoisotopic (exact) mass is 492 g/mol. The zero-order chi connectivity index (χ0) is 25.9. The van der Waals surface area contributed by atoms with E-state index in [1.807, 2.05) is 39.0 Å². The van der Waals surface area contributed by atoms with Crippen molar-refractivity contribution < 1.29 is 23.8 Å². The van der Waals surface area contributed by atoms with Gasteiger partial charge in [-0.1, -0.05) is 18.2 Å². The van der Waals surface area contributed by atoms with Crippen LogP contribution in [0.5, 0.6) is 17.2 Å². The number of benzene rings is 3. The van der Waals surface area contributed by atoms with Crippen LogP contribution in [0, 0.1) is 0 Å². The van der Waals surface area contributed by atoms with E-state index in [9.17, 15) is 9.59 Å². The van der Waals surface area contributed by atoms with Gasteiger partial charge < -0.3 is 35.9 Å². The first-order chi connectivity index (χ1) is 17.4. The zero-order valence-corrected chi connectivity index (χ0v) is 20.7. The van der Waals surface area contributed by atoms with E-state index in [0.717, 1.165) is 5.56 Å². The fraction of sp³-hybridized carbons (Fsp3) is 0.259. The fourth-order valence-corrected chi connectivity index (χ4v) is 3.46. The first kappa shape index (κ1) is 26.2. The number of carbonyl (C=O) groups is 2. The highest BCUT2D eigenvalue weighted by molar-refractivity contribution is 6.07. The lowest BCUT2D eigenvalue weighted by Crippen LogP contribution is -2.28. The average molecular weight is 493 g/mol. The molecule has 0 spiro atoms. The number of urea groups is 1. The third kappa shape index (κ3) is 7.05. The van der Waals surface area contributed by atoms with Crippen molar-refractivity contribution in [1.82, 2.24) is 5.32 Å². The quantitative estimate of drug-likeness (QED) is 0.278. The number of para-hydroxylation sites is 1. The fourth-order valence-electron chi connectivity index (χ4n) is 3.46. The lowest BCUT2D eigenvalue weighted by molar-refractivity contribution is 0.102. The molecule has 0 saturated carbocycles. The molecule has 0 fully saturated rings. The van der Waals surface area contributed by atoms with Crippen LogP contribution in [0.1, 0.15) is 36.7 Å². The van der Waals surface area contributed by atoms with Crippen LogP contribution in [-0.2, 0) is 6.54 Å². The number of nitrogen functional groups attached to an aromatic ring is 1. The molecule has 0 atom stereocenters. The molecule has 0 bridgehead atoms. The Labute approximate surface area is 210 Å². The molecular formula is C27H32N4O5. The smallest absolute Gasteiger partial charge is 0.319 e. The molecule has 190 valence electrons. The van der Waals surface area contributed by atoms with Crippen molar-refractivity contribution >= 4 is 29.0 Å². The Morgan fingerprint density at radius 1 is 0.750 bits per heavy atom. The van der Waals surface area contributed by atoms with Gasteiger partial charge in [-0.2, -0.15) is 0 Å². The van der Waals surface area contributed by atoms with Gasteiger partial charge in [-0.25, -0.2) is 4.79 Å². The van der Waals surface area contributed by atoms with Crippen LogP contribution < -0.4 is 35.9 Å². The summed E-state index contributed by atoms with van der Waals surface area (Å²) in [7, 11) is 0. The molecule has 3 rings (SSSR count). The van der Waals surface area contributed by atoms with Crippen LogP contribution in [0.25, 0.3) is 0 Å². The molecule has 0 unspecified atom stereocenters. The molecular weight excluding hydrogens is 460 g/mol. The molecule has 36 heavy (non-hydrogen) atoms. The highest BCUT2D eigenvalue weighted by atomic mass is 16.5. The number of ether oxygens (including phenoxy) is 3. The van der Waals surface area contributed by atoms with Crippen LogP contribution in [0.3, 0.4) is 0 Å². The summed E-state index contributed by atoms with van der Waals surface area (Å²) in [6.07, 6.45) is 0. The minimum atomic E-state index is -0.453. The van der Waals surface area contributed by atoms with Gasteiger partial charge in [0.05, 0.1) is 31.1 Å². The van der Waals surface area contributed by atoms with E-state index in [-0.39, 0.29) is 12.5 Å². The van der Waals surface area contributed by atoms with Crippen molar-refractivity contribution in [2.75, 3.05) is 36.2 Å². The van der Waals surface area contributed by atoms with Crippen molar-refractivity contribution in [3.8, 4) is 17.2 Å². The molecule has 0 heterocycles. The van der Waals surface area contributed by atoms with Crippen molar-refractivity contribution in [2.24, 2.45) is 0 Å². The van der Waals surface area contributed by atoms with E-state index in [1.54, 1.807) is 42.5 Å². The van der Waals surface area contributed by atoms with Crippen LogP contribution in [0.15, 0.2) is 60.7 Å². The number of nitrogens with one attached hydrogen (secondary N) is 3. The predicted molar refractivity (Wildman–Crippen MR) is 141 cm³/mol. The maximum absolute atomic E-state index is 12.9. The normalized spacial score (nSPS) is 10.3. The number of rotatable bonds is 11. The minimum absolute atomic E-state index is 0.180. The SMILES string of the molecule is CCOc1cc(CNC(=O)Nc2ccc(OCC)c(C(=O)Nc3ccccc3)c2)c(OCC)cc1N. The Balaban J connectivity index is 1.72. The summed E-state index contributed by atoms with van der Waals surface area (Å²) in [6.45, 7) is 7.06. The van der Waals surface area contributed by atoms with Crippen molar-refractivity contribution in [3.05, 3.63) is 71.8 Å². The summed E-state index contributed by atoms with van der Waals surface area (Å²) in [4.78, 5) is 25.6. The molecule has 0 aliphatic carbocycles. The van der Waals surface area contributed by atoms with Gasteiger partial charge in [-0.15, -0.1) is 0 Å². The Morgan fingerprint density at radius 2 is 1.42 bits per heavy atom. The third-order valence-electron chi connectivity index (χ3n) is 5.05. The van der Waals surface area contributed by atoms with Gasteiger partial charge in [0.15, 0.2) is 0 Å². The molecule has 3 aromatic carbocycles. The van der Waals surface area contributed by atoms with E-state index in [0.29, 0.717) is 59.7 Å². The summed E-state index contributed by atoms with van der Waals surface area (Å²) in [5.74, 6) is 1.17. The number of hydrogen-bond donors (Lipinski definition) is 4. The molecule has 0 aromatic heterocycles. The average Bonchev–Trinajstić information content (AvgIpc) is 2.86. The van der Waals surface area contributed by atoms with Gasteiger partial charge in [0.2, 0.25) is 0 Å². The first-order valence-electron chi connectivity index (χ1n) is 11.8. The number of nitrogens with two attached hydrogens (primary N) is 1. The highest BCUT2D eigenvalue weighted by Crippen LogP contribution is 2.31. The molecule has 0 aliphatic rings. The van der Waals surface area contributed by atoms with Gasteiger partial charge in [-0.3, -0.25) is 4.79 Å². The summed E-state index contributed by atoms with van der Waals surface area (Å²) in [5.41, 5.74) is 8.61. The summed E-state index contributed by atoms with van der Waals surface area (Å²) in [6, 6.07) is 17.0. The van der Waals surface area contributed by atoms with Crippen LogP contribution in [-0.4, -0.2) is 31.8 Å². The van der Waals surface area contributed by atoms with Gasteiger partial charge >= 0.3 is 6.03 Å². The van der Waals surface area contributed by atoms with E-state index in [1.165, 1.54) is 0 Å². The van der Waals surface area contributed by atoms with Gasteiger partial charge in [-0.05, 0) is 57.2 Å². The highest BCUT2D eigenvalue weighted by Gasteiger charge is 2.16. The molecule has 0 radical (unpaired) electrons. The van der Waals surface area contributed by atoms with Crippen molar-refractivity contribution in [3.63, 3.8) is 0 Å². The lowest BCUT2D eigenvalue weighted by Gasteiger charge is -2.16. The second-order valence-corrected chi connectivity index (χ2v) is 7.64. The molecule has 3 aromatic rings. The van der Waals surface area contributed by atoms with E-state index >= 15 is 0 Å². The van der Waals surface area contributed by atoms with Crippen LogP contribution in [0.4, 0.5) is 21.9 Å². The van der Waals surface area contributed by atoms with Crippen LogP contribution >= 0.6 is 0 Å². The Hall–Kier alpha value is -4.40. The number of amides is 3. The Kier molecular flexibility index (Phi) is 9.39. The minimum Gasteiger partial charge on any atom is -0.493 e. The van der Waals surface area contributed by atoms with Gasteiger partial charge in [0.1, 0.15) is 17.2 Å². The van der Waals surface area contributed by atoms with Crippen LogP contribution in [0.2, 0.25) is 0 Å². The zero-order valence-electron chi connectivity index (χ0n) is 20.7. The topological polar surface area (TPSA) is 124 Å². The summed E-state index contributed by atoms with van der Waals surface area (Å²) >= 11 is 0. The van der Waals surface area contributed by atoms with Gasteiger partial charge in [0, 0.05) is 29.5 Å². The number of carbonyl (C=O) groups excluding carboxylic acids is 2. The summed E-state index contributed by atoms with van der Waals surface area (Å²) < 4.78 is 16.8. The van der Waals surface area contributed by atoms with Gasteiger partial charge in [0.25, 0.3) is 5.91 Å². The summed E-state index contributed by atoms with van der Waals surface area (Å²) in [5, 5.41) is 8.41. The number of hydrogen-bond acceptors (Lipinski definition) is 6. The molecule has 3 amide bonds. The second-order valence-electron chi connectivity index (χ2n) is 7.64. The second kappa shape index (κ2) is 12.9. The standard InChI is InChI=1S/C27H32N4O5/c1-4-34-23-13-12-20(15-21(23)26(32)30-19-10-8-7-9-11-19)31-27(33)29-17-18-14-25(36-6-3)22(28)16-24(18)35-5-2/h7-16H,4-6,17,28H2,1-3H3,(H,30,32)(H2,29,31,33). The first-order valence-corrected chi connectivity index (χ1v) is 11.8. The Bertz CT molecular complexity index is 1180. The maximum atomic E-state index is 12.9. The van der Waals surface area contributed by atoms with Crippen molar-refractivity contribution in [2.45, 2.75) is 27.3 Å². The van der Waals surface area contributed by atoms with Crippen molar-refractivity contribution in [1.29, 1.82) is 0 Å². The van der Waals surface area contributed by atoms with E-state index < -0.39 is 6.03 Å². The van der Waals surface area contributed by atoms with E-state index in [4.69, 9.17) is 19.9 Å². The maximum Gasteiger partial charge on any atom is 0.319 e. The number of anilines is 3. The molecule has 0 saturated heterocycles. The molecule has 9 nitrogen and oxygen atoms in total. The third-order valence-corrected chi connectivity index (χ3v) is 5.05. The molecule has 0 aliphatic heterocycles. The predicted octanol–water partition coefficient (Wildman–Crippen LogP) is 5.04. The largest absolute Gasteiger partial charge is 0.493 e.